The molecule has 1 nitrogen and oxygen atoms in total. The van der Waals surface area contributed by atoms with Gasteiger partial charge in [0.15, 0.2) is 0 Å². The second-order valence-electron chi connectivity index (χ2n) is 16.9. The lowest BCUT2D eigenvalue weighted by Crippen LogP contribution is -2.14. The summed E-state index contributed by atoms with van der Waals surface area (Å²) in [5.74, 6) is 0.535. The van der Waals surface area contributed by atoms with E-state index in [1.807, 2.05) is 0 Å². The van der Waals surface area contributed by atoms with Gasteiger partial charge in [-0.3, -0.25) is 0 Å². The minimum atomic E-state index is 0.151. The predicted octanol–water partition coefficient (Wildman–Crippen LogP) is 16.1. The Morgan fingerprint density at radius 1 is 0.517 bits per heavy atom. The molecule has 1 heteroatoms. The Labute approximate surface area is 345 Å². The molecule has 1 heterocycles. The quantitative estimate of drug-likeness (QED) is 0.161. The van der Waals surface area contributed by atoms with E-state index in [9.17, 15) is 0 Å². The van der Waals surface area contributed by atoms with Crippen LogP contribution in [0.2, 0.25) is 0 Å². The molecule has 11 rings (SSSR count). The van der Waals surface area contributed by atoms with Gasteiger partial charge in [-0.15, -0.1) is 0 Å². The third-order valence-electron chi connectivity index (χ3n) is 12.3. The monoisotopic (exact) mass is 755 g/mol. The second kappa shape index (κ2) is 16.5. The molecular weight excluding hydrogens is 699 g/mol. The van der Waals surface area contributed by atoms with Crippen molar-refractivity contribution < 1.29 is 0 Å². The van der Waals surface area contributed by atoms with Crippen molar-refractivity contribution >= 4 is 43.2 Å². The summed E-state index contributed by atoms with van der Waals surface area (Å²) in [6.07, 6.45) is 5.00. The van der Waals surface area contributed by atoms with Gasteiger partial charge in [-0.1, -0.05) is 197 Å². The van der Waals surface area contributed by atoms with E-state index in [0.717, 1.165) is 0 Å². The Kier molecular flexibility index (Phi) is 11.1. The smallest absolute Gasteiger partial charge is 0.0459 e. The molecule has 1 atom stereocenters. The number of benzene rings is 8. The van der Waals surface area contributed by atoms with Crippen molar-refractivity contribution in [1.29, 1.82) is 0 Å². The molecule has 0 spiro atoms. The molecule has 1 N–H and O–H groups in total. The van der Waals surface area contributed by atoms with E-state index in [1.165, 1.54) is 119 Å². The zero-order valence-corrected chi connectivity index (χ0v) is 35.4. The summed E-state index contributed by atoms with van der Waals surface area (Å²) in [5.41, 5.74) is 15.7. The van der Waals surface area contributed by atoms with E-state index in [4.69, 9.17) is 0 Å². The number of para-hydroxylation sites is 1. The summed E-state index contributed by atoms with van der Waals surface area (Å²) >= 11 is 0. The molecule has 9 aromatic rings. The van der Waals surface area contributed by atoms with Crippen molar-refractivity contribution in [1.82, 2.24) is 4.98 Å². The van der Waals surface area contributed by atoms with Gasteiger partial charge in [-0.05, 0) is 117 Å². The summed E-state index contributed by atoms with van der Waals surface area (Å²) in [6, 6.07) is 57.2. The third-order valence-corrected chi connectivity index (χ3v) is 12.3. The Morgan fingerprint density at radius 2 is 1.03 bits per heavy atom. The van der Waals surface area contributed by atoms with Crippen LogP contribution >= 0.6 is 0 Å². The number of aryl methyl sites for hydroxylation is 4. The Balaban J connectivity index is 0.000000118. The number of nitrogens with one attached hydrogen (secondary N) is 1. The van der Waals surface area contributed by atoms with Crippen LogP contribution in [-0.2, 0) is 11.8 Å². The maximum atomic E-state index is 3.69. The molecule has 2 aliphatic rings. The summed E-state index contributed by atoms with van der Waals surface area (Å²) in [5, 5.41) is 9.50. The fraction of sp³-hybridized carbons (Fsp3) is 0.228. The van der Waals surface area contributed by atoms with Crippen LogP contribution in [0.5, 0.6) is 0 Å². The first-order valence-corrected chi connectivity index (χ1v) is 21.4. The SMILES string of the molecule is CCC.Cc1ccc2c(c1)C(C)(C)c1ccccc1-2.Cc1ccc2c3ccccc3c3ccccc3c2c1.Cc1ccccc1C1CCCc2c1[nH]c1ccccc21. The lowest BCUT2D eigenvalue weighted by Gasteiger charge is -2.24. The summed E-state index contributed by atoms with van der Waals surface area (Å²) in [7, 11) is 0. The van der Waals surface area contributed by atoms with Crippen molar-refractivity contribution in [2.24, 2.45) is 0 Å². The number of rotatable bonds is 1. The third kappa shape index (κ3) is 7.24. The van der Waals surface area contributed by atoms with Gasteiger partial charge in [0.05, 0.1) is 0 Å². The molecular formula is C57H57N. The highest BCUT2D eigenvalue weighted by molar-refractivity contribution is 6.25. The highest BCUT2D eigenvalue weighted by atomic mass is 14.7. The first-order chi connectivity index (χ1) is 28.2. The fourth-order valence-electron chi connectivity index (χ4n) is 9.54. The molecule has 0 aliphatic heterocycles. The van der Waals surface area contributed by atoms with E-state index >= 15 is 0 Å². The summed E-state index contributed by atoms with van der Waals surface area (Å²) in [6.45, 7) is 15.4. The molecule has 290 valence electrons. The Morgan fingerprint density at radius 3 is 1.72 bits per heavy atom. The Hall–Kier alpha value is -5.92. The first kappa shape index (κ1) is 38.9. The number of hydrogen-bond acceptors (Lipinski definition) is 0. The standard InChI is InChI=1S/C19H19N.C19H14.C16H16.C3H8/c1-13-7-2-3-8-14(13)16-10-6-11-17-15-9-4-5-12-18(15)20-19(16)17;1-13-10-11-18-16-8-3-2-6-14(16)15-7-4-5-9-17(15)19(18)12-13;1-11-8-9-13-12-6-4-5-7-14(12)16(2,3)15(13)10-11;1-3-2/h2-5,7-9,12,16,20H,6,10-11H2,1H3;2-12H,1H3;4-10H,1-3H3;3H2,1-2H3. The minimum Gasteiger partial charge on any atom is -0.358 e. The second-order valence-corrected chi connectivity index (χ2v) is 16.9. The molecule has 8 aromatic carbocycles. The lowest BCUT2D eigenvalue weighted by molar-refractivity contribution is 0.606. The molecule has 2 aliphatic carbocycles. The van der Waals surface area contributed by atoms with E-state index in [2.05, 4.69) is 211 Å². The molecule has 0 bridgehead atoms. The van der Waals surface area contributed by atoms with Crippen LogP contribution < -0.4 is 0 Å². The normalized spacial score (nSPS) is 14.6. The van der Waals surface area contributed by atoms with E-state index in [1.54, 1.807) is 5.56 Å². The molecule has 0 saturated carbocycles. The van der Waals surface area contributed by atoms with Gasteiger partial charge in [0, 0.05) is 27.9 Å². The molecule has 0 fully saturated rings. The van der Waals surface area contributed by atoms with Crippen molar-refractivity contribution in [2.75, 3.05) is 0 Å². The number of aromatic amines is 1. The number of fused-ring (bicyclic) bond motifs is 12. The molecule has 58 heavy (non-hydrogen) atoms. The zero-order chi connectivity index (χ0) is 40.4. The van der Waals surface area contributed by atoms with Gasteiger partial charge < -0.3 is 4.98 Å². The summed E-state index contributed by atoms with van der Waals surface area (Å²) in [4.78, 5) is 3.69. The van der Waals surface area contributed by atoms with E-state index < -0.39 is 0 Å². The number of H-pyrrole nitrogens is 1. The molecule has 1 unspecified atom stereocenters. The maximum Gasteiger partial charge on any atom is 0.0459 e. The first-order valence-electron chi connectivity index (χ1n) is 21.4. The highest BCUT2D eigenvalue weighted by Gasteiger charge is 2.34. The lowest BCUT2D eigenvalue weighted by atomic mass is 9.81. The van der Waals surface area contributed by atoms with Gasteiger partial charge in [-0.25, -0.2) is 0 Å². The van der Waals surface area contributed by atoms with Gasteiger partial charge in [0.2, 0.25) is 0 Å². The maximum absolute atomic E-state index is 3.69. The molecule has 0 saturated heterocycles. The average molecular weight is 756 g/mol. The van der Waals surface area contributed by atoms with Crippen molar-refractivity contribution in [3.63, 3.8) is 0 Å². The minimum absolute atomic E-state index is 0.151. The highest BCUT2D eigenvalue weighted by Crippen LogP contribution is 2.48. The van der Waals surface area contributed by atoms with Crippen LogP contribution in [0.1, 0.15) is 97.5 Å². The average Bonchev–Trinajstić information content (AvgIpc) is 3.74. The van der Waals surface area contributed by atoms with Crippen LogP contribution in [0.25, 0.3) is 54.3 Å². The molecule has 0 radical (unpaired) electrons. The van der Waals surface area contributed by atoms with E-state index in [0.29, 0.717) is 5.92 Å². The number of aromatic nitrogens is 1. The van der Waals surface area contributed by atoms with Gasteiger partial charge >= 0.3 is 0 Å². The van der Waals surface area contributed by atoms with Crippen molar-refractivity contribution in [2.45, 2.75) is 85.5 Å². The summed E-state index contributed by atoms with van der Waals surface area (Å²) < 4.78 is 0. The topological polar surface area (TPSA) is 15.8 Å². The largest absolute Gasteiger partial charge is 0.358 e. The van der Waals surface area contributed by atoms with Crippen LogP contribution in [0.3, 0.4) is 0 Å². The molecule has 0 amide bonds. The van der Waals surface area contributed by atoms with E-state index in [-0.39, 0.29) is 5.41 Å². The fourth-order valence-corrected chi connectivity index (χ4v) is 9.54. The van der Waals surface area contributed by atoms with Crippen LogP contribution in [0, 0.1) is 20.8 Å². The van der Waals surface area contributed by atoms with Crippen LogP contribution in [0.15, 0.2) is 158 Å². The van der Waals surface area contributed by atoms with Gasteiger partial charge in [-0.2, -0.15) is 0 Å². The van der Waals surface area contributed by atoms with Crippen molar-refractivity contribution in [3.05, 3.63) is 202 Å². The van der Waals surface area contributed by atoms with Gasteiger partial charge in [0.1, 0.15) is 0 Å². The molecule has 1 aromatic heterocycles. The van der Waals surface area contributed by atoms with Crippen LogP contribution in [-0.4, -0.2) is 4.98 Å². The van der Waals surface area contributed by atoms with Crippen LogP contribution in [0.4, 0.5) is 0 Å². The zero-order valence-electron chi connectivity index (χ0n) is 35.4. The predicted molar refractivity (Wildman–Crippen MR) is 253 cm³/mol. The number of hydrogen-bond donors (Lipinski definition) is 1. The Bertz CT molecular complexity index is 2850. The van der Waals surface area contributed by atoms with Crippen molar-refractivity contribution in [3.8, 4) is 11.1 Å². The van der Waals surface area contributed by atoms with Gasteiger partial charge in [0.25, 0.3) is 0 Å².